The van der Waals surface area contributed by atoms with Gasteiger partial charge in [0.15, 0.2) is 0 Å². The first-order valence-corrected chi connectivity index (χ1v) is 6.50. The zero-order valence-corrected chi connectivity index (χ0v) is 12.2. The van der Waals surface area contributed by atoms with E-state index in [1.54, 1.807) is 6.08 Å². The van der Waals surface area contributed by atoms with E-state index >= 15 is 0 Å². The molecule has 0 saturated heterocycles. The average molecular weight is 295 g/mol. The monoisotopic (exact) mass is 294 g/mol. The van der Waals surface area contributed by atoms with Gasteiger partial charge in [-0.3, -0.25) is 0 Å². The Morgan fingerprint density at radius 2 is 2.12 bits per heavy atom. The predicted molar refractivity (Wildman–Crippen MR) is 77.9 cm³/mol. The maximum atomic E-state index is 10.1. The summed E-state index contributed by atoms with van der Waals surface area (Å²) < 4.78 is 1.08. The average Bonchev–Trinajstić information content (AvgIpc) is 2.32. The van der Waals surface area contributed by atoms with Crippen LogP contribution >= 0.6 is 15.9 Å². The molecular weight excluding hydrogens is 276 g/mol. The van der Waals surface area contributed by atoms with Crippen molar-refractivity contribution in [1.82, 2.24) is 0 Å². The lowest BCUT2D eigenvalue weighted by Crippen LogP contribution is -2.16. The Bertz CT molecular complexity index is 435. The van der Waals surface area contributed by atoms with Crippen molar-refractivity contribution in [2.24, 2.45) is 5.92 Å². The van der Waals surface area contributed by atoms with Gasteiger partial charge in [0, 0.05) is 10.4 Å². The highest BCUT2D eigenvalue weighted by Crippen LogP contribution is 2.25. The number of aryl methyl sites for hydroxylation is 1. The van der Waals surface area contributed by atoms with Gasteiger partial charge >= 0.3 is 0 Å². The summed E-state index contributed by atoms with van der Waals surface area (Å²) in [5.74, 6) is 0.0647. The number of halogens is 1. The van der Waals surface area contributed by atoms with Crippen molar-refractivity contribution in [3.05, 3.63) is 52.0 Å². The molecule has 2 heteroatoms. The second-order valence-corrected chi connectivity index (χ2v) is 5.20. The molecule has 2 atom stereocenters. The summed E-state index contributed by atoms with van der Waals surface area (Å²) in [5.41, 5.74) is 3.24. The summed E-state index contributed by atoms with van der Waals surface area (Å²) in [4.78, 5) is 0. The molecule has 0 aromatic heterocycles. The van der Waals surface area contributed by atoms with Crippen molar-refractivity contribution in [2.45, 2.75) is 26.9 Å². The fraction of sp³-hybridized carbons (Fsp3) is 0.333. The Morgan fingerprint density at radius 1 is 1.47 bits per heavy atom. The summed E-state index contributed by atoms with van der Waals surface area (Å²) in [6.45, 7) is 9.66. The molecule has 0 heterocycles. The van der Waals surface area contributed by atoms with E-state index in [2.05, 4.69) is 35.5 Å². The van der Waals surface area contributed by atoms with Gasteiger partial charge in [0.1, 0.15) is 0 Å². The maximum Gasteiger partial charge on any atom is 0.0810 e. The minimum atomic E-state index is -0.472. The van der Waals surface area contributed by atoms with Crippen LogP contribution in [0, 0.1) is 12.8 Å². The number of aliphatic hydroxyl groups excluding tert-OH is 1. The molecular formula is C15H19BrO. The lowest BCUT2D eigenvalue weighted by molar-refractivity contribution is 0.174. The van der Waals surface area contributed by atoms with Gasteiger partial charge in [-0.05, 0) is 46.5 Å². The summed E-state index contributed by atoms with van der Waals surface area (Å²) in [5, 5.41) is 10.1. The van der Waals surface area contributed by atoms with E-state index in [1.807, 2.05) is 32.1 Å². The fourth-order valence-corrected chi connectivity index (χ4v) is 2.03. The first kappa shape index (κ1) is 14.2. The van der Waals surface area contributed by atoms with Crippen molar-refractivity contribution in [3.63, 3.8) is 0 Å². The Kier molecular flexibility index (Phi) is 5.16. The first-order valence-electron chi connectivity index (χ1n) is 5.71. The fourth-order valence-electron chi connectivity index (χ4n) is 1.66. The van der Waals surface area contributed by atoms with Gasteiger partial charge in [0.05, 0.1) is 6.10 Å². The number of benzene rings is 1. The molecule has 0 amide bonds. The van der Waals surface area contributed by atoms with Gasteiger partial charge in [-0.2, -0.15) is 0 Å². The van der Waals surface area contributed by atoms with Crippen LogP contribution in [0.3, 0.4) is 0 Å². The molecule has 17 heavy (non-hydrogen) atoms. The Balaban J connectivity index is 3.02. The van der Waals surface area contributed by atoms with Crippen LogP contribution in [0.1, 0.15) is 25.0 Å². The zero-order chi connectivity index (χ0) is 13.0. The summed E-state index contributed by atoms with van der Waals surface area (Å²) in [6, 6.07) is 6.11. The van der Waals surface area contributed by atoms with Crippen molar-refractivity contribution >= 4 is 22.0 Å². The largest absolute Gasteiger partial charge is 0.388 e. The van der Waals surface area contributed by atoms with Crippen LogP contribution < -0.4 is 0 Å². The Labute approximate surface area is 112 Å². The molecule has 0 aliphatic heterocycles. The maximum absolute atomic E-state index is 10.1. The molecule has 0 aliphatic carbocycles. The van der Waals surface area contributed by atoms with Gasteiger partial charge in [0.25, 0.3) is 0 Å². The van der Waals surface area contributed by atoms with Crippen LogP contribution in [-0.4, -0.2) is 11.2 Å². The van der Waals surface area contributed by atoms with Crippen LogP contribution in [-0.2, 0) is 0 Å². The van der Waals surface area contributed by atoms with E-state index in [-0.39, 0.29) is 5.92 Å². The van der Waals surface area contributed by atoms with Crippen LogP contribution in [0.5, 0.6) is 0 Å². The highest BCUT2D eigenvalue weighted by Gasteiger charge is 2.13. The van der Waals surface area contributed by atoms with E-state index < -0.39 is 6.10 Å². The second-order valence-electron chi connectivity index (χ2n) is 4.41. The predicted octanol–water partition coefficient (Wildman–Crippen LogP) is 4.34. The minimum Gasteiger partial charge on any atom is -0.388 e. The molecule has 0 aliphatic rings. The van der Waals surface area contributed by atoms with Crippen molar-refractivity contribution in [2.75, 3.05) is 0 Å². The quantitative estimate of drug-likeness (QED) is 0.819. The molecule has 1 aromatic carbocycles. The molecule has 1 nitrogen and oxygen atoms in total. The number of rotatable bonds is 4. The Morgan fingerprint density at radius 3 is 2.71 bits per heavy atom. The standard InChI is InChI=1S/C15H19BrO/c1-5-10(2)15(17)12(4)9-13-8-6-7-11(3)14(13)16/h5-10,15,17H,1H2,2-4H3/b12-9+/t10-,15+/m0/s1. The highest BCUT2D eigenvalue weighted by molar-refractivity contribution is 9.10. The lowest BCUT2D eigenvalue weighted by Gasteiger charge is -2.16. The van der Waals surface area contributed by atoms with E-state index in [1.165, 1.54) is 5.56 Å². The molecule has 0 radical (unpaired) electrons. The lowest BCUT2D eigenvalue weighted by atomic mass is 9.96. The Hall–Kier alpha value is -0.860. The van der Waals surface area contributed by atoms with Crippen molar-refractivity contribution < 1.29 is 5.11 Å². The second kappa shape index (κ2) is 6.18. The van der Waals surface area contributed by atoms with E-state index in [0.29, 0.717) is 0 Å². The van der Waals surface area contributed by atoms with Crippen molar-refractivity contribution in [3.8, 4) is 0 Å². The highest BCUT2D eigenvalue weighted by atomic mass is 79.9. The summed E-state index contributed by atoms with van der Waals surface area (Å²) >= 11 is 3.57. The summed E-state index contributed by atoms with van der Waals surface area (Å²) in [6.07, 6.45) is 3.31. The molecule has 1 rings (SSSR count). The number of hydrogen-bond donors (Lipinski definition) is 1. The third kappa shape index (κ3) is 3.55. The van der Waals surface area contributed by atoms with Gasteiger partial charge < -0.3 is 5.11 Å². The van der Waals surface area contributed by atoms with Crippen LogP contribution in [0.15, 0.2) is 40.9 Å². The molecule has 0 unspecified atom stereocenters. The smallest absolute Gasteiger partial charge is 0.0810 e. The number of hydrogen-bond acceptors (Lipinski definition) is 1. The van der Waals surface area contributed by atoms with E-state index in [0.717, 1.165) is 15.6 Å². The molecule has 1 N–H and O–H groups in total. The third-order valence-electron chi connectivity index (χ3n) is 2.94. The van der Waals surface area contributed by atoms with Crippen LogP contribution in [0.4, 0.5) is 0 Å². The number of aliphatic hydroxyl groups is 1. The van der Waals surface area contributed by atoms with E-state index in [9.17, 15) is 5.11 Å². The van der Waals surface area contributed by atoms with Gasteiger partial charge in [-0.1, -0.05) is 37.3 Å². The van der Waals surface area contributed by atoms with Gasteiger partial charge in [-0.15, -0.1) is 6.58 Å². The van der Waals surface area contributed by atoms with Crippen LogP contribution in [0.2, 0.25) is 0 Å². The molecule has 1 aromatic rings. The summed E-state index contributed by atoms with van der Waals surface area (Å²) in [7, 11) is 0. The first-order chi connectivity index (χ1) is 7.97. The molecule has 92 valence electrons. The van der Waals surface area contributed by atoms with Gasteiger partial charge in [0.2, 0.25) is 0 Å². The minimum absolute atomic E-state index is 0.0647. The molecule has 0 saturated carbocycles. The van der Waals surface area contributed by atoms with Gasteiger partial charge in [-0.25, -0.2) is 0 Å². The molecule has 0 bridgehead atoms. The molecule has 0 spiro atoms. The van der Waals surface area contributed by atoms with Crippen molar-refractivity contribution in [1.29, 1.82) is 0 Å². The van der Waals surface area contributed by atoms with E-state index in [4.69, 9.17) is 0 Å². The zero-order valence-electron chi connectivity index (χ0n) is 10.6. The van der Waals surface area contributed by atoms with Crippen LogP contribution in [0.25, 0.3) is 6.08 Å². The third-order valence-corrected chi connectivity index (χ3v) is 4.02. The topological polar surface area (TPSA) is 20.2 Å². The SMILES string of the molecule is C=C[C@H](C)[C@@H](O)/C(C)=C/c1cccc(C)c1Br. The molecule has 0 fully saturated rings. The normalized spacial score (nSPS) is 15.5.